The van der Waals surface area contributed by atoms with Gasteiger partial charge in [-0.15, -0.1) is 0 Å². The third-order valence-electron chi connectivity index (χ3n) is 1.91. The SMILES string of the molecule is Cc1occc1CN(C)C(=O)CBr. The van der Waals surface area contributed by atoms with Gasteiger partial charge in [-0.2, -0.15) is 0 Å². The number of furan rings is 1. The first-order chi connectivity index (χ1) is 6.15. The Morgan fingerprint density at radius 3 is 2.85 bits per heavy atom. The van der Waals surface area contributed by atoms with Crippen LogP contribution in [-0.2, 0) is 11.3 Å². The third-order valence-corrected chi connectivity index (χ3v) is 2.39. The minimum absolute atomic E-state index is 0.0700. The normalized spacial score (nSPS) is 10.1. The lowest BCUT2D eigenvalue weighted by atomic mass is 10.2. The summed E-state index contributed by atoms with van der Waals surface area (Å²) < 4.78 is 5.13. The number of amides is 1. The minimum atomic E-state index is 0.0700. The maximum Gasteiger partial charge on any atom is 0.233 e. The van der Waals surface area contributed by atoms with E-state index in [9.17, 15) is 4.79 Å². The third kappa shape index (κ3) is 2.59. The van der Waals surface area contributed by atoms with Crippen molar-refractivity contribution >= 4 is 21.8 Å². The number of aryl methyl sites for hydroxylation is 1. The number of alkyl halides is 1. The van der Waals surface area contributed by atoms with Crippen LogP contribution in [0.2, 0.25) is 0 Å². The predicted octanol–water partition coefficient (Wildman–Crippen LogP) is 1.94. The van der Waals surface area contributed by atoms with Crippen LogP contribution in [0.4, 0.5) is 0 Å². The smallest absolute Gasteiger partial charge is 0.233 e. The molecule has 0 fully saturated rings. The Bertz CT molecular complexity index is 296. The van der Waals surface area contributed by atoms with Crippen LogP contribution < -0.4 is 0 Å². The first kappa shape index (κ1) is 10.3. The molecule has 3 nitrogen and oxygen atoms in total. The van der Waals surface area contributed by atoms with Gasteiger partial charge in [-0.05, 0) is 13.0 Å². The van der Waals surface area contributed by atoms with Gasteiger partial charge in [0.1, 0.15) is 5.76 Å². The Balaban J connectivity index is 2.59. The van der Waals surface area contributed by atoms with Crippen LogP contribution in [0.15, 0.2) is 16.7 Å². The molecular weight excluding hydrogens is 234 g/mol. The number of hydrogen-bond acceptors (Lipinski definition) is 2. The number of halogens is 1. The average molecular weight is 246 g/mol. The highest BCUT2D eigenvalue weighted by Gasteiger charge is 2.09. The molecule has 4 heteroatoms. The average Bonchev–Trinajstić information content (AvgIpc) is 2.50. The van der Waals surface area contributed by atoms with Crippen molar-refractivity contribution in [2.75, 3.05) is 12.4 Å². The summed E-state index contributed by atoms with van der Waals surface area (Å²) in [6, 6.07) is 1.88. The number of carbonyl (C=O) groups excluding carboxylic acids is 1. The Morgan fingerprint density at radius 1 is 1.69 bits per heavy atom. The van der Waals surface area contributed by atoms with Gasteiger partial charge < -0.3 is 9.32 Å². The Morgan fingerprint density at radius 2 is 2.38 bits per heavy atom. The summed E-state index contributed by atoms with van der Waals surface area (Å²) in [7, 11) is 1.77. The lowest BCUT2D eigenvalue weighted by Crippen LogP contribution is -2.26. The Kier molecular flexibility index (Phi) is 3.54. The predicted molar refractivity (Wildman–Crippen MR) is 53.7 cm³/mol. The van der Waals surface area contributed by atoms with Crippen molar-refractivity contribution in [1.82, 2.24) is 4.90 Å². The van der Waals surface area contributed by atoms with Crippen LogP contribution in [0.1, 0.15) is 11.3 Å². The van der Waals surface area contributed by atoms with Crippen molar-refractivity contribution in [1.29, 1.82) is 0 Å². The van der Waals surface area contributed by atoms with Crippen LogP contribution >= 0.6 is 15.9 Å². The number of nitrogens with zero attached hydrogens (tertiary/aromatic N) is 1. The van der Waals surface area contributed by atoms with E-state index >= 15 is 0 Å². The molecule has 0 saturated carbocycles. The molecular formula is C9H12BrNO2. The van der Waals surface area contributed by atoms with Crippen molar-refractivity contribution < 1.29 is 9.21 Å². The molecule has 1 rings (SSSR count). The standard InChI is InChI=1S/C9H12BrNO2/c1-7-8(3-4-13-7)6-11(2)9(12)5-10/h3-4H,5-6H2,1-2H3. The van der Waals surface area contributed by atoms with Crippen molar-refractivity contribution in [3.05, 3.63) is 23.7 Å². The molecule has 0 radical (unpaired) electrons. The van der Waals surface area contributed by atoms with Crippen LogP contribution in [0.25, 0.3) is 0 Å². The van der Waals surface area contributed by atoms with E-state index in [4.69, 9.17) is 4.42 Å². The Labute approximate surface area is 85.8 Å². The van der Waals surface area contributed by atoms with E-state index < -0.39 is 0 Å². The first-order valence-corrected chi connectivity index (χ1v) is 5.10. The summed E-state index contributed by atoms with van der Waals surface area (Å²) in [4.78, 5) is 12.9. The summed E-state index contributed by atoms with van der Waals surface area (Å²) in [6.07, 6.45) is 1.64. The molecule has 72 valence electrons. The number of hydrogen-bond donors (Lipinski definition) is 0. The molecule has 0 N–H and O–H groups in total. The largest absolute Gasteiger partial charge is 0.469 e. The minimum Gasteiger partial charge on any atom is -0.469 e. The van der Waals surface area contributed by atoms with Gasteiger partial charge in [0.15, 0.2) is 0 Å². The highest BCUT2D eigenvalue weighted by atomic mass is 79.9. The van der Waals surface area contributed by atoms with Gasteiger partial charge in [0.25, 0.3) is 0 Å². The highest BCUT2D eigenvalue weighted by molar-refractivity contribution is 9.09. The molecule has 13 heavy (non-hydrogen) atoms. The van der Waals surface area contributed by atoms with Gasteiger partial charge in [0.05, 0.1) is 11.6 Å². The fraction of sp³-hybridized carbons (Fsp3) is 0.444. The van der Waals surface area contributed by atoms with Crippen molar-refractivity contribution in [2.24, 2.45) is 0 Å². The molecule has 0 unspecified atom stereocenters. The van der Waals surface area contributed by atoms with Gasteiger partial charge in [-0.1, -0.05) is 15.9 Å². The summed E-state index contributed by atoms with van der Waals surface area (Å²) in [5.74, 6) is 0.940. The van der Waals surface area contributed by atoms with Gasteiger partial charge in [-0.3, -0.25) is 4.79 Å². The van der Waals surface area contributed by atoms with Gasteiger partial charge in [0, 0.05) is 19.2 Å². The van der Waals surface area contributed by atoms with E-state index in [1.54, 1.807) is 18.2 Å². The van der Waals surface area contributed by atoms with Gasteiger partial charge in [0.2, 0.25) is 5.91 Å². The van der Waals surface area contributed by atoms with E-state index in [2.05, 4.69) is 15.9 Å². The lowest BCUT2D eigenvalue weighted by Gasteiger charge is -2.14. The van der Waals surface area contributed by atoms with E-state index in [0.29, 0.717) is 11.9 Å². The molecule has 1 aromatic rings. The van der Waals surface area contributed by atoms with Gasteiger partial charge >= 0.3 is 0 Å². The van der Waals surface area contributed by atoms with Crippen molar-refractivity contribution in [2.45, 2.75) is 13.5 Å². The number of rotatable bonds is 3. The second-order valence-electron chi connectivity index (χ2n) is 2.89. The summed E-state index contributed by atoms with van der Waals surface area (Å²) in [5, 5.41) is 0.362. The lowest BCUT2D eigenvalue weighted by molar-refractivity contribution is -0.127. The van der Waals surface area contributed by atoms with Crippen molar-refractivity contribution in [3.63, 3.8) is 0 Å². The van der Waals surface area contributed by atoms with Crippen molar-refractivity contribution in [3.8, 4) is 0 Å². The molecule has 1 heterocycles. The van der Waals surface area contributed by atoms with Crippen LogP contribution in [0.3, 0.4) is 0 Å². The summed E-state index contributed by atoms with van der Waals surface area (Å²) in [5.41, 5.74) is 1.05. The maximum atomic E-state index is 11.2. The molecule has 0 saturated heterocycles. The maximum absolute atomic E-state index is 11.2. The van der Waals surface area contributed by atoms with Crippen LogP contribution in [-0.4, -0.2) is 23.2 Å². The Hall–Kier alpha value is -0.770. The zero-order valence-corrected chi connectivity index (χ0v) is 9.30. The van der Waals surface area contributed by atoms with E-state index in [0.717, 1.165) is 11.3 Å². The van der Waals surface area contributed by atoms with E-state index in [1.165, 1.54) is 0 Å². The molecule has 0 aliphatic rings. The topological polar surface area (TPSA) is 33.5 Å². The monoisotopic (exact) mass is 245 g/mol. The quantitative estimate of drug-likeness (QED) is 0.763. The molecule has 0 bridgehead atoms. The highest BCUT2D eigenvalue weighted by Crippen LogP contribution is 2.11. The zero-order chi connectivity index (χ0) is 9.84. The molecule has 1 aromatic heterocycles. The van der Waals surface area contributed by atoms with E-state index in [-0.39, 0.29) is 5.91 Å². The second kappa shape index (κ2) is 4.46. The fourth-order valence-corrected chi connectivity index (χ4v) is 1.45. The molecule has 0 aromatic carbocycles. The van der Waals surface area contributed by atoms with Gasteiger partial charge in [-0.25, -0.2) is 0 Å². The van der Waals surface area contributed by atoms with Crippen LogP contribution in [0.5, 0.6) is 0 Å². The summed E-state index contributed by atoms with van der Waals surface area (Å²) in [6.45, 7) is 2.49. The van der Waals surface area contributed by atoms with Crippen LogP contribution in [0, 0.1) is 6.92 Å². The molecule has 1 amide bonds. The first-order valence-electron chi connectivity index (χ1n) is 3.98. The number of carbonyl (C=O) groups is 1. The zero-order valence-electron chi connectivity index (χ0n) is 7.71. The molecule has 0 aliphatic heterocycles. The summed E-state index contributed by atoms with van der Waals surface area (Å²) >= 11 is 3.12. The molecule has 0 spiro atoms. The molecule has 0 atom stereocenters. The van der Waals surface area contributed by atoms with E-state index in [1.807, 2.05) is 13.0 Å². The fourth-order valence-electron chi connectivity index (χ4n) is 1.02. The second-order valence-corrected chi connectivity index (χ2v) is 3.45. The molecule has 0 aliphatic carbocycles.